The fraction of sp³-hybridized carbons (Fsp3) is 0.233. The predicted octanol–water partition coefficient (Wildman–Crippen LogP) is 6.42. The summed E-state index contributed by atoms with van der Waals surface area (Å²) in [6.07, 6.45) is 0. The molecule has 0 spiro atoms. The molecule has 0 unspecified atom stereocenters. The lowest BCUT2D eigenvalue weighted by Gasteiger charge is -2.24. The van der Waals surface area contributed by atoms with Crippen LogP contribution in [0.1, 0.15) is 25.0 Å². The monoisotopic (exact) mass is 513 g/mol. The van der Waals surface area contributed by atoms with Crippen LogP contribution in [0.25, 0.3) is 16.9 Å². The summed E-state index contributed by atoms with van der Waals surface area (Å²) in [5.41, 5.74) is 4.99. The summed E-state index contributed by atoms with van der Waals surface area (Å²) in [6.45, 7) is 8.23. The third-order valence-corrected chi connectivity index (χ3v) is 6.08. The zero-order valence-electron chi connectivity index (χ0n) is 22.0. The van der Waals surface area contributed by atoms with Crippen LogP contribution in [0.4, 0.5) is 20.7 Å². The number of urea groups is 1. The van der Waals surface area contributed by atoms with Crippen molar-refractivity contribution in [2.45, 2.75) is 27.7 Å². The van der Waals surface area contributed by atoms with E-state index in [-0.39, 0.29) is 30.2 Å². The molecule has 1 aromatic heterocycles. The Morgan fingerprint density at radius 2 is 1.63 bits per heavy atom. The Morgan fingerprint density at radius 1 is 0.921 bits per heavy atom. The highest BCUT2D eigenvalue weighted by atomic mass is 19.1. The van der Waals surface area contributed by atoms with Crippen LogP contribution >= 0.6 is 0 Å². The number of carbonyl (C=O) groups is 2. The highest BCUT2D eigenvalue weighted by Gasteiger charge is 2.21. The molecule has 0 saturated carbocycles. The lowest BCUT2D eigenvalue weighted by molar-refractivity contribution is -0.116. The number of aryl methyl sites for hydroxylation is 2. The van der Waals surface area contributed by atoms with Crippen molar-refractivity contribution in [1.82, 2.24) is 14.7 Å². The summed E-state index contributed by atoms with van der Waals surface area (Å²) in [6, 6.07) is 22.5. The topological polar surface area (TPSA) is 79.3 Å². The first kappa shape index (κ1) is 26.6. The van der Waals surface area contributed by atoms with Crippen LogP contribution in [0, 0.1) is 25.6 Å². The Labute approximate surface area is 222 Å². The smallest absolute Gasteiger partial charge is 0.315 e. The lowest BCUT2D eigenvalue weighted by atomic mass is 10.1. The normalized spacial score (nSPS) is 10.9. The van der Waals surface area contributed by atoms with Gasteiger partial charge in [0.05, 0.1) is 11.4 Å². The van der Waals surface area contributed by atoms with Gasteiger partial charge < -0.3 is 15.5 Å². The molecular formula is C30H32FN5O2. The molecule has 8 heteroatoms. The van der Waals surface area contributed by atoms with Crippen LogP contribution < -0.4 is 10.6 Å². The van der Waals surface area contributed by atoms with E-state index in [2.05, 4.69) is 15.7 Å². The highest BCUT2D eigenvalue weighted by molar-refractivity contribution is 5.97. The first-order valence-corrected chi connectivity index (χ1v) is 12.5. The van der Waals surface area contributed by atoms with Gasteiger partial charge in [0, 0.05) is 23.9 Å². The Morgan fingerprint density at radius 3 is 2.29 bits per heavy atom. The minimum absolute atomic E-state index is 0.149. The number of amides is 3. The maximum atomic E-state index is 13.6. The molecule has 0 aliphatic carbocycles. The van der Waals surface area contributed by atoms with Crippen LogP contribution in [-0.2, 0) is 4.79 Å². The predicted molar refractivity (Wildman–Crippen MR) is 149 cm³/mol. The molecule has 3 aromatic carbocycles. The summed E-state index contributed by atoms with van der Waals surface area (Å²) < 4.78 is 15.1. The van der Waals surface area contributed by atoms with Gasteiger partial charge in [0.1, 0.15) is 18.2 Å². The summed E-state index contributed by atoms with van der Waals surface area (Å²) in [4.78, 5) is 27.8. The Bertz CT molecular complexity index is 1410. The number of anilines is 2. The molecule has 0 aliphatic heterocycles. The van der Waals surface area contributed by atoms with Crippen LogP contribution in [0.15, 0.2) is 78.9 Å². The van der Waals surface area contributed by atoms with Crippen molar-refractivity contribution in [2.75, 3.05) is 23.7 Å². The molecule has 4 aromatic rings. The molecule has 0 bridgehead atoms. The maximum absolute atomic E-state index is 13.6. The fourth-order valence-corrected chi connectivity index (χ4v) is 4.04. The zero-order chi connectivity index (χ0) is 27.2. The Hall–Kier alpha value is -4.46. The van der Waals surface area contributed by atoms with Gasteiger partial charge in [-0.15, -0.1) is 0 Å². The summed E-state index contributed by atoms with van der Waals surface area (Å²) in [7, 11) is 0. The fourth-order valence-electron chi connectivity index (χ4n) is 4.04. The SMILES string of the molecule is Cc1ccc(NC(=O)N(CC(=O)Nc2cc(-c3ccccc3)nn2-c2ccc(F)cc2)CC(C)C)cc1C. The Kier molecular flexibility index (Phi) is 8.21. The van der Waals surface area contributed by atoms with Gasteiger partial charge >= 0.3 is 6.03 Å². The first-order valence-electron chi connectivity index (χ1n) is 12.5. The van der Waals surface area contributed by atoms with Gasteiger partial charge in [0.15, 0.2) is 0 Å². The molecule has 0 fully saturated rings. The van der Waals surface area contributed by atoms with E-state index in [0.29, 0.717) is 29.4 Å². The molecule has 3 amide bonds. The Balaban J connectivity index is 1.56. The number of benzene rings is 3. The van der Waals surface area contributed by atoms with E-state index >= 15 is 0 Å². The number of aromatic nitrogens is 2. The van der Waals surface area contributed by atoms with E-state index in [1.165, 1.54) is 17.0 Å². The molecule has 0 radical (unpaired) electrons. The number of hydrogen-bond acceptors (Lipinski definition) is 3. The third-order valence-electron chi connectivity index (χ3n) is 6.08. The van der Waals surface area contributed by atoms with Crippen molar-refractivity contribution in [2.24, 2.45) is 5.92 Å². The van der Waals surface area contributed by atoms with Crippen molar-refractivity contribution < 1.29 is 14.0 Å². The van der Waals surface area contributed by atoms with Crippen molar-refractivity contribution in [3.63, 3.8) is 0 Å². The molecule has 4 rings (SSSR count). The zero-order valence-corrected chi connectivity index (χ0v) is 22.0. The van der Waals surface area contributed by atoms with Crippen LogP contribution in [0.2, 0.25) is 0 Å². The molecule has 0 atom stereocenters. The van der Waals surface area contributed by atoms with Gasteiger partial charge in [0.2, 0.25) is 5.91 Å². The molecule has 0 saturated heterocycles. The number of nitrogens with one attached hydrogen (secondary N) is 2. The largest absolute Gasteiger partial charge is 0.322 e. The third kappa shape index (κ3) is 6.64. The molecule has 1 heterocycles. The molecule has 0 aliphatic rings. The van der Waals surface area contributed by atoms with Crippen molar-refractivity contribution in [3.8, 4) is 16.9 Å². The van der Waals surface area contributed by atoms with E-state index in [4.69, 9.17) is 0 Å². The number of halogens is 1. The van der Waals surface area contributed by atoms with E-state index in [1.54, 1.807) is 22.9 Å². The standard InChI is InChI=1S/C30H32FN5O2/c1-20(2)18-35(30(38)32-25-13-10-21(3)22(4)16-25)19-29(37)33-28-17-27(23-8-6-5-7-9-23)34-36(28)26-14-11-24(31)12-15-26/h5-17,20H,18-19H2,1-4H3,(H,32,38)(H,33,37). The highest BCUT2D eigenvalue weighted by Crippen LogP contribution is 2.25. The maximum Gasteiger partial charge on any atom is 0.322 e. The molecule has 7 nitrogen and oxygen atoms in total. The second-order valence-corrected chi connectivity index (χ2v) is 9.72. The van der Waals surface area contributed by atoms with E-state index < -0.39 is 0 Å². The van der Waals surface area contributed by atoms with Crippen molar-refractivity contribution >= 4 is 23.4 Å². The van der Waals surface area contributed by atoms with Gasteiger partial charge in [-0.05, 0) is 67.3 Å². The quantitative estimate of drug-likeness (QED) is 0.285. The van der Waals surface area contributed by atoms with Gasteiger partial charge in [-0.25, -0.2) is 13.9 Å². The summed E-state index contributed by atoms with van der Waals surface area (Å²) in [5, 5.41) is 10.5. The van der Waals surface area contributed by atoms with Crippen LogP contribution in [0.3, 0.4) is 0 Å². The van der Waals surface area contributed by atoms with Gasteiger partial charge in [0.25, 0.3) is 0 Å². The molecule has 196 valence electrons. The minimum atomic E-state index is -0.372. The number of rotatable bonds is 8. The second-order valence-electron chi connectivity index (χ2n) is 9.72. The molecule has 2 N–H and O–H groups in total. The van der Waals surface area contributed by atoms with Crippen LogP contribution in [-0.4, -0.2) is 39.7 Å². The van der Waals surface area contributed by atoms with Gasteiger partial charge in [-0.2, -0.15) is 5.10 Å². The van der Waals surface area contributed by atoms with E-state index in [1.807, 2.05) is 76.2 Å². The first-order chi connectivity index (χ1) is 18.2. The van der Waals surface area contributed by atoms with Gasteiger partial charge in [-0.3, -0.25) is 4.79 Å². The molecule has 38 heavy (non-hydrogen) atoms. The lowest BCUT2D eigenvalue weighted by Crippen LogP contribution is -2.42. The van der Waals surface area contributed by atoms with E-state index in [0.717, 1.165) is 16.7 Å². The summed E-state index contributed by atoms with van der Waals surface area (Å²) >= 11 is 0. The van der Waals surface area contributed by atoms with Crippen LogP contribution in [0.5, 0.6) is 0 Å². The average Bonchev–Trinajstić information content (AvgIpc) is 3.30. The molecular weight excluding hydrogens is 481 g/mol. The number of hydrogen-bond donors (Lipinski definition) is 2. The van der Waals surface area contributed by atoms with Crippen molar-refractivity contribution in [3.05, 3.63) is 95.8 Å². The van der Waals surface area contributed by atoms with E-state index in [9.17, 15) is 14.0 Å². The number of nitrogens with zero attached hydrogens (tertiary/aromatic N) is 3. The summed E-state index contributed by atoms with van der Waals surface area (Å²) in [5.74, 6) is -0.167. The second kappa shape index (κ2) is 11.7. The number of carbonyl (C=O) groups excluding carboxylic acids is 2. The average molecular weight is 514 g/mol. The minimum Gasteiger partial charge on any atom is -0.315 e. The van der Waals surface area contributed by atoms with Gasteiger partial charge in [-0.1, -0.05) is 50.2 Å². The van der Waals surface area contributed by atoms with Crippen molar-refractivity contribution in [1.29, 1.82) is 0 Å².